The summed E-state index contributed by atoms with van der Waals surface area (Å²) in [6.45, 7) is 3.30. The predicted molar refractivity (Wildman–Crippen MR) is 81.3 cm³/mol. The van der Waals surface area contributed by atoms with Gasteiger partial charge < -0.3 is 10.1 Å². The molecule has 1 aromatic rings. The number of hydrogen-bond acceptors (Lipinski definition) is 5. The molecule has 1 atom stereocenters. The first-order valence-corrected chi connectivity index (χ1v) is 7.81. The minimum absolute atomic E-state index is 0. The number of methoxy groups -OCH3 is 1. The first-order chi connectivity index (χ1) is 9.46. The number of nitrogens with zero attached hydrogens (tertiary/aromatic N) is 1. The molecule has 1 heterocycles. The van der Waals surface area contributed by atoms with E-state index in [-0.39, 0.29) is 28.9 Å². The van der Waals surface area contributed by atoms with E-state index in [1.807, 2.05) is 6.92 Å². The maximum atomic E-state index is 12.7. The van der Waals surface area contributed by atoms with Gasteiger partial charge in [-0.15, -0.1) is 12.4 Å². The fourth-order valence-corrected chi connectivity index (χ4v) is 3.93. The van der Waals surface area contributed by atoms with Crippen LogP contribution in [0.5, 0.6) is 0 Å². The molecular weight excluding hydrogens is 316 g/mol. The van der Waals surface area contributed by atoms with Gasteiger partial charge in [0.2, 0.25) is 10.0 Å². The fourth-order valence-electron chi connectivity index (χ4n) is 2.22. The molecule has 0 saturated carbocycles. The highest BCUT2D eigenvalue weighted by atomic mass is 35.5. The minimum atomic E-state index is -3.69. The lowest BCUT2D eigenvalue weighted by atomic mass is 10.2. The number of hydrogen-bond donors (Lipinski definition) is 1. The molecule has 1 aliphatic heterocycles. The zero-order valence-corrected chi connectivity index (χ0v) is 13.5. The number of piperazine rings is 1. The topological polar surface area (TPSA) is 75.7 Å². The Kier molecular flexibility index (Phi) is 6.15. The van der Waals surface area contributed by atoms with Crippen molar-refractivity contribution in [2.24, 2.45) is 0 Å². The molecule has 0 amide bonds. The summed E-state index contributed by atoms with van der Waals surface area (Å²) in [4.78, 5) is 11.7. The number of benzene rings is 1. The largest absolute Gasteiger partial charge is 0.465 e. The highest BCUT2D eigenvalue weighted by Gasteiger charge is 2.31. The van der Waals surface area contributed by atoms with Crippen LogP contribution in [0, 0.1) is 0 Å². The van der Waals surface area contributed by atoms with Gasteiger partial charge in [0.15, 0.2) is 0 Å². The molecule has 0 aliphatic carbocycles. The van der Waals surface area contributed by atoms with E-state index < -0.39 is 16.0 Å². The summed E-state index contributed by atoms with van der Waals surface area (Å²) in [6, 6.07) is 6.21. The maximum Gasteiger partial charge on any atom is 0.339 e. The van der Waals surface area contributed by atoms with Crippen LogP contribution in [0.3, 0.4) is 0 Å². The SMILES string of the molecule is COC(=O)c1ccccc1S(=O)(=O)N1CCNC(C)C1.Cl. The average molecular weight is 335 g/mol. The zero-order valence-electron chi connectivity index (χ0n) is 11.9. The molecule has 8 heteroatoms. The van der Waals surface area contributed by atoms with E-state index in [0.29, 0.717) is 19.6 Å². The third-order valence-corrected chi connectivity index (χ3v) is 5.16. The Bertz CT molecular complexity index is 606. The van der Waals surface area contributed by atoms with Gasteiger partial charge in [-0.05, 0) is 19.1 Å². The predicted octanol–water partition coefficient (Wildman–Crippen LogP) is 0.877. The molecule has 2 rings (SSSR count). The van der Waals surface area contributed by atoms with Crippen molar-refractivity contribution >= 4 is 28.4 Å². The van der Waals surface area contributed by atoms with Crippen molar-refractivity contribution in [2.75, 3.05) is 26.7 Å². The Morgan fingerprint density at radius 2 is 2.05 bits per heavy atom. The molecule has 1 saturated heterocycles. The Labute approximate surface area is 130 Å². The quantitative estimate of drug-likeness (QED) is 0.830. The Morgan fingerprint density at radius 3 is 2.67 bits per heavy atom. The number of halogens is 1. The second-order valence-electron chi connectivity index (χ2n) is 4.71. The van der Waals surface area contributed by atoms with Crippen molar-refractivity contribution in [3.63, 3.8) is 0 Å². The van der Waals surface area contributed by atoms with Crippen LogP contribution < -0.4 is 5.32 Å². The number of carbonyl (C=O) groups is 1. The zero-order chi connectivity index (χ0) is 14.8. The Balaban J connectivity index is 0.00000220. The molecule has 1 aromatic carbocycles. The summed E-state index contributed by atoms with van der Waals surface area (Å²) in [7, 11) is -2.45. The molecule has 0 spiro atoms. The van der Waals surface area contributed by atoms with Crippen molar-refractivity contribution < 1.29 is 17.9 Å². The molecule has 118 valence electrons. The molecule has 0 bridgehead atoms. The minimum Gasteiger partial charge on any atom is -0.465 e. The fraction of sp³-hybridized carbons (Fsp3) is 0.462. The molecule has 1 N–H and O–H groups in total. The molecule has 0 aromatic heterocycles. The van der Waals surface area contributed by atoms with Gasteiger partial charge in [-0.3, -0.25) is 0 Å². The number of sulfonamides is 1. The second-order valence-corrected chi connectivity index (χ2v) is 6.61. The Morgan fingerprint density at radius 1 is 1.38 bits per heavy atom. The third-order valence-electron chi connectivity index (χ3n) is 3.24. The van der Waals surface area contributed by atoms with Crippen molar-refractivity contribution in [2.45, 2.75) is 17.9 Å². The van der Waals surface area contributed by atoms with Gasteiger partial charge in [0.25, 0.3) is 0 Å². The van der Waals surface area contributed by atoms with Gasteiger partial charge >= 0.3 is 5.97 Å². The van der Waals surface area contributed by atoms with Gasteiger partial charge in [-0.25, -0.2) is 13.2 Å². The second kappa shape index (κ2) is 7.22. The number of ether oxygens (including phenoxy) is 1. The normalized spacial score (nSPS) is 19.6. The average Bonchev–Trinajstić information content (AvgIpc) is 2.46. The van der Waals surface area contributed by atoms with E-state index in [0.717, 1.165) is 0 Å². The van der Waals surface area contributed by atoms with E-state index in [9.17, 15) is 13.2 Å². The van der Waals surface area contributed by atoms with Crippen LogP contribution in [0.25, 0.3) is 0 Å². The van der Waals surface area contributed by atoms with Gasteiger partial charge in [-0.2, -0.15) is 4.31 Å². The molecule has 1 fully saturated rings. The van der Waals surface area contributed by atoms with Crippen LogP contribution in [-0.4, -0.2) is 51.5 Å². The van der Waals surface area contributed by atoms with Crippen molar-refractivity contribution in [1.29, 1.82) is 0 Å². The number of rotatable bonds is 3. The first kappa shape index (κ1) is 17.9. The van der Waals surface area contributed by atoms with Gasteiger partial charge in [0.1, 0.15) is 0 Å². The maximum absolute atomic E-state index is 12.7. The van der Waals surface area contributed by atoms with E-state index in [1.54, 1.807) is 12.1 Å². The number of carbonyl (C=O) groups excluding carboxylic acids is 1. The van der Waals surface area contributed by atoms with Crippen molar-refractivity contribution in [3.05, 3.63) is 29.8 Å². The van der Waals surface area contributed by atoms with E-state index in [1.165, 1.54) is 23.5 Å². The summed E-state index contributed by atoms with van der Waals surface area (Å²) in [5.41, 5.74) is 0.0705. The number of esters is 1. The molecule has 0 radical (unpaired) electrons. The van der Waals surface area contributed by atoms with Gasteiger partial charge in [0.05, 0.1) is 17.6 Å². The van der Waals surface area contributed by atoms with Crippen LogP contribution in [0.15, 0.2) is 29.2 Å². The molecular formula is C13H19ClN2O4S. The van der Waals surface area contributed by atoms with Gasteiger partial charge in [0, 0.05) is 25.7 Å². The van der Waals surface area contributed by atoms with Crippen molar-refractivity contribution in [3.8, 4) is 0 Å². The van der Waals surface area contributed by atoms with E-state index >= 15 is 0 Å². The molecule has 21 heavy (non-hydrogen) atoms. The van der Waals surface area contributed by atoms with E-state index in [4.69, 9.17) is 0 Å². The third kappa shape index (κ3) is 3.74. The number of nitrogens with one attached hydrogen (secondary N) is 1. The lowest BCUT2D eigenvalue weighted by Crippen LogP contribution is -2.51. The molecule has 1 aliphatic rings. The summed E-state index contributed by atoms with van der Waals surface area (Å²) in [5.74, 6) is -0.646. The summed E-state index contributed by atoms with van der Waals surface area (Å²) in [6.07, 6.45) is 0. The Hall–Kier alpha value is -1.15. The summed E-state index contributed by atoms with van der Waals surface area (Å²) >= 11 is 0. The lowest BCUT2D eigenvalue weighted by molar-refractivity contribution is 0.0596. The highest BCUT2D eigenvalue weighted by molar-refractivity contribution is 7.89. The van der Waals surface area contributed by atoms with Crippen LogP contribution in [-0.2, 0) is 14.8 Å². The van der Waals surface area contributed by atoms with Crippen LogP contribution >= 0.6 is 12.4 Å². The lowest BCUT2D eigenvalue weighted by Gasteiger charge is -2.31. The van der Waals surface area contributed by atoms with E-state index in [2.05, 4.69) is 10.1 Å². The smallest absolute Gasteiger partial charge is 0.339 e. The summed E-state index contributed by atoms with van der Waals surface area (Å²) in [5, 5.41) is 3.19. The molecule has 1 unspecified atom stereocenters. The monoisotopic (exact) mass is 334 g/mol. The highest BCUT2D eigenvalue weighted by Crippen LogP contribution is 2.22. The van der Waals surface area contributed by atoms with Crippen molar-refractivity contribution in [1.82, 2.24) is 9.62 Å². The first-order valence-electron chi connectivity index (χ1n) is 6.37. The van der Waals surface area contributed by atoms with Gasteiger partial charge in [-0.1, -0.05) is 12.1 Å². The van der Waals surface area contributed by atoms with Crippen LogP contribution in [0.1, 0.15) is 17.3 Å². The van der Waals surface area contributed by atoms with Crippen LogP contribution in [0.2, 0.25) is 0 Å². The summed E-state index contributed by atoms with van der Waals surface area (Å²) < 4.78 is 31.4. The standard InChI is InChI=1S/C13H18N2O4S.ClH/c1-10-9-15(8-7-14-10)20(17,18)12-6-4-3-5-11(12)13(16)19-2;/h3-6,10,14H,7-9H2,1-2H3;1H. The van der Waals surface area contributed by atoms with Crippen LogP contribution in [0.4, 0.5) is 0 Å². The molecule has 6 nitrogen and oxygen atoms in total.